The predicted octanol–water partition coefficient (Wildman–Crippen LogP) is 3.66. The Kier molecular flexibility index (Phi) is 4.11. The number of carbonyl (C=O) groups is 1. The molecule has 2 N–H and O–H groups in total. The van der Waals surface area contributed by atoms with E-state index in [0.29, 0.717) is 5.92 Å². The molecule has 0 aliphatic heterocycles. The third kappa shape index (κ3) is 3.63. The minimum Gasteiger partial charge on any atom is -0.347 e. The van der Waals surface area contributed by atoms with Crippen LogP contribution in [0.25, 0.3) is 0 Å². The Labute approximate surface area is 123 Å². The number of rotatable bonds is 2. The summed E-state index contributed by atoms with van der Waals surface area (Å²) in [6.07, 6.45) is 3.17. The average molecular weight is 304 g/mol. The summed E-state index contributed by atoms with van der Waals surface area (Å²) in [6.45, 7) is 6.70. The molecule has 0 bridgehead atoms. The SMILES string of the molecule is C[C@H]1C[C@@H](NC(=O)c2nc(Cl)c(Cl)[nH]2)CC(C)(C)C1. The molecule has 6 heteroatoms. The lowest BCUT2D eigenvalue weighted by Crippen LogP contribution is -2.43. The first-order valence-electron chi connectivity index (χ1n) is 6.49. The van der Waals surface area contributed by atoms with Crippen molar-refractivity contribution in [1.82, 2.24) is 15.3 Å². The number of imidazole rings is 1. The maximum Gasteiger partial charge on any atom is 0.287 e. The van der Waals surface area contributed by atoms with Crippen molar-refractivity contribution in [2.24, 2.45) is 11.3 Å². The number of H-pyrrole nitrogens is 1. The normalized spacial score (nSPS) is 26.2. The Balaban J connectivity index is 2.02. The van der Waals surface area contributed by atoms with Crippen molar-refractivity contribution in [3.63, 3.8) is 0 Å². The summed E-state index contributed by atoms with van der Waals surface area (Å²) in [7, 11) is 0. The van der Waals surface area contributed by atoms with Gasteiger partial charge in [0.2, 0.25) is 0 Å². The molecule has 1 fully saturated rings. The molecule has 0 radical (unpaired) electrons. The van der Waals surface area contributed by atoms with Crippen molar-refractivity contribution in [3.05, 3.63) is 16.1 Å². The van der Waals surface area contributed by atoms with Gasteiger partial charge >= 0.3 is 0 Å². The van der Waals surface area contributed by atoms with Gasteiger partial charge in [0, 0.05) is 6.04 Å². The largest absolute Gasteiger partial charge is 0.347 e. The molecule has 1 saturated carbocycles. The number of amides is 1. The molecule has 4 nitrogen and oxygen atoms in total. The third-order valence-corrected chi connectivity index (χ3v) is 4.20. The fourth-order valence-electron chi connectivity index (χ4n) is 3.15. The summed E-state index contributed by atoms with van der Waals surface area (Å²) in [5.74, 6) is 0.535. The number of aromatic nitrogens is 2. The highest BCUT2D eigenvalue weighted by atomic mass is 35.5. The van der Waals surface area contributed by atoms with E-state index in [9.17, 15) is 4.79 Å². The fourth-order valence-corrected chi connectivity index (χ4v) is 3.41. The van der Waals surface area contributed by atoms with Gasteiger partial charge in [-0.3, -0.25) is 4.79 Å². The van der Waals surface area contributed by atoms with Gasteiger partial charge in [-0.1, -0.05) is 44.0 Å². The standard InChI is InChI=1S/C13H19Cl2N3O/c1-7-4-8(6-13(2,3)5-7)16-12(19)11-17-9(14)10(15)18-11/h7-8H,4-6H2,1-3H3,(H,16,19)(H,17,18)/t7-,8+/m0/s1. The van der Waals surface area contributed by atoms with Crippen molar-refractivity contribution in [1.29, 1.82) is 0 Å². The van der Waals surface area contributed by atoms with Crippen LogP contribution in [0.2, 0.25) is 10.3 Å². The zero-order chi connectivity index (χ0) is 14.2. The van der Waals surface area contributed by atoms with Crippen molar-refractivity contribution in [3.8, 4) is 0 Å². The maximum atomic E-state index is 12.1. The van der Waals surface area contributed by atoms with E-state index in [1.807, 2.05) is 0 Å². The van der Waals surface area contributed by atoms with Gasteiger partial charge in [0.25, 0.3) is 5.91 Å². The second-order valence-electron chi connectivity index (χ2n) is 6.27. The molecule has 0 aromatic carbocycles. The van der Waals surface area contributed by atoms with Crippen LogP contribution < -0.4 is 5.32 Å². The van der Waals surface area contributed by atoms with Gasteiger partial charge < -0.3 is 10.3 Å². The van der Waals surface area contributed by atoms with Crippen molar-refractivity contribution in [2.75, 3.05) is 0 Å². The van der Waals surface area contributed by atoms with Crippen LogP contribution in [-0.4, -0.2) is 21.9 Å². The summed E-state index contributed by atoms with van der Waals surface area (Å²) in [5, 5.41) is 3.34. The van der Waals surface area contributed by atoms with Crippen LogP contribution in [0.3, 0.4) is 0 Å². The molecular weight excluding hydrogens is 285 g/mol. The number of hydrogen-bond acceptors (Lipinski definition) is 2. The first kappa shape index (κ1) is 14.7. The van der Waals surface area contributed by atoms with Crippen molar-refractivity contribution >= 4 is 29.1 Å². The maximum absolute atomic E-state index is 12.1. The number of hydrogen-bond donors (Lipinski definition) is 2. The quantitative estimate of drug-likeness (QED) is 0.876. The van der Waals surface area contributed by atoms with E-state index in [4.69, 9.17) is 23.2 Å². The van der Waals surface area contributed by atoms with Crippen LogP contribution in [0.1, 0.15) is 50.7 Å². The van der Waals surface area contributed by atoms with Gasteiger partial charge in [-0.25, -0.2) is 4.98 Å². The number of carbonyl (C=O) groups excluding carboxylic acids is 1. The summed E-state index contributed by atoms with van der Waals surface area (Å²) in [6, 6.07) is 0.175. The van der Waals surface area contributed by atoms with Gasteiger partial charge in [-0.15, -0.1) is 0 Å². The zero-order valence-electron chi connectivity index (χ0n) is 11.4. The summed E-state index contributed by atoms with van der Waals surface area (Å²) < 4.78 is 0. The lowest BCUT2D eigenvalue weighted by Gasteiger charge is -2.39. The molecule has 1 heterocycles. The van der Waals surface area contributed by atoms with Crippen LogP contribution in [0.5, 0.6) is 0 Å². The average Bonchev–Trinajstić information content (AvgIpc) is 2.56. The summed E-state index contributed by atoms with van der Waals surface area (Å²) >= 11 is 11.5. The highest BCUT2D eigenvalue weighted by Crippen LogP contribution is 2.38. The molecule has 0 saturated heterocycles. The van der Waals surface area contributed by atoms with Gasteiger partial charge in [0.1, 0.15) is 5.15 Å². The molecule has 0 unspecified atom stereocenters. The van der Waals surface area contributed by atoms with E-state index in [1.54, 1.807) is 0 Å². The van der Waals surface area contributed by atoms with E-state index in [0.717, 1.165) is 12.8 Å². The summed E-state index contributed by atoms with van der Waals surface area (Å²) in [5.41, 5.74) is 0.258. The topological polar surface area (TPSA) is 57.8 Å². The molecule has 1 aliphatic carbocycles. The number of halogens is 2. The van der Waals surface area contributed by atoms with Gasteiger partial charge in [-0.05, 0) is 30.6 Å². The molecule has 2 rings (SSSR count). The molecule has 0 spiro atoms. The Hall–Kier alpha value is -0.740. The molecule has 1 aromatic rings. The number of aromatic amines is 1. The van der Waals surface area contributed by atoms with Gasteiger partial charge in [0.05, 0.1) is 0 Å². The van der Waals surface area contributed by atoms with Gasteiger partial charge in [-0.2, -0.15) is 0 Å². The molecule has 106 valence electrons. The molecular formula is C13H19Cl2N3O. The van der Waals surface area contributed by atoms with Crippen LogP contribution in [-0.2, 0) is 0 Å². The van der Waals surface area contributed by atoms with E-state index in [-0.39, 0.29) is 33.5 Å². The second-order valence-corrected chi connectivity index (χ2v) is 7.01. The minimum absolute atomic E-state index is 0.129. The Morgan fingerprint density at radius 1 is 1.42 bits per heavy atom. The van der Waals surface area contributed by atoms with Crippen molar-refractivity contribution in [2.45, 2.75) is 46.1 Å². The highest BCUT2D eigenvalue weighted by Gasteiger charge is 2.33. The zero-order valence-corrected chi connectivity index (χ0v) is 12.9. The molecule has 19 heavy (non-hydrogen) atoms. The van der Waals surface area contributed by atoms with Gasteiger partial charge in [0.15, 0.2) is 11.0 Å². The van der Waals surface area contributed by atoms with Crippen LogP contribution >= 0.6 is 23.2 Å². The lowest BCUT2D eigenvalue weighted by atomic mass is 9.70. The Bertz CT molecular complexity index is 465. The van der Waals surface area contributed by atoms with E-state index in [2.05, 4.69) is 36.1 Å². The van der Waals surface area contributed by atoms with E-state index < -0.39 is 0 Å². The fraction of sp³-hybridized carbons (Fsp3) is 0.692. The summed E-state index contributed by atoms with van der Waals surface area (Å²) in [4.78, 5) is 18.6. The Morgan fingerprint density at radius 2 is 2.11 bits per heavy atom. The molecule has 1 aromatic heterocycles. The highest BCUT2D eigenvalue weighted by molar-refractivity contribution is 6.40. The molecule has 2 atom stereocenters. The lowest BCUT2D eigenvalue weighted by molar-refractivity contribution is 0.0865. The Morgan fingerprint density at radius 3 is 2.63 bits per heavy atom. The van der Waals surface area contributed by atoms with Crippen LogP contribution in [0, 0.1) is 11.3 Å². The predicted molar refractivity (Wildman–Crippen MR) is 76.7 cm³/mol. The first-order valence-corrected chi connectivity index (χ1v) is 7.24. The molecule has 1 amide bonds. The first-order chi connectivity index (χ1) is 8.77. The second kappa shape index (κ2) is 5.33. The van der Waals surface area contributed by atoms with Crippen molar-refractivity contribution < 1.29 is 4.79 Å². The minimum atomic E-state index is -0.247. The smallest absolute Gasteiger partial charge is 0.287 e. The number of nitrogens with one attached hydrogen (secondary N) is 2. The van der Waals surface area contributed by atoms with E-state index in [1.165, 1.54) is 6.42 Å². The third-order valence-electron chi connectivity index (χ3n) is 3.56. The van der Waals surface area contributed by atoms with Crippen LogP contribution in [0.4, 0.5) is 0 Å². The van der Waals surface area contributed by atoms with Crippen LogP contribution in [0.15, 0.2) is 0 Å². The number of nitrogens with zero attached hydrogens (tertiary/aromatic N) is 1. The monoisotopic (exact) mass is 303 g/mol. The van der Waals surface area contributed by atoms with E-state index >= 15 is 0 Å². The molecule has 1 aliphatic rings.